The van der Waals surface area contributed by atoms with Crippen molar-refractivity contribution in [1.29, 1.82) is 0 Å². The number of allylic oxidation sites excluding steroid dienone is 6. The van der Waals surface area contributed by atoms with Crippen LogP contribution in [-0.4, -0.2) is 90.2 Å². The Bertz CT molecular complexity index is 1480. The summed E-state index contributed by atoms with van der Waals surface area (Å²) in [6.07, 6.45) is 17.4. The van der Waals surface area contributed by atoms with Gasteiger partial charge in [-0.1, -0.05) is 31.5 Å². The summed E-state index contributed by atoms with van der Waals surface area (Å²) in [5, 5.41) is 0.693. The molecule has 2 saturated carbocycles. The number of hydrogen-bond acceptors (Lipinski definition) is 7. The lowest BCUT2D eigenvalue weighted by Crippen LogP contribution is -2.40. The average molecular weight is 688 g/mol. The standard InChI is InChI=1S/C32H47ClN2O8S2/c1-22-8-12-28-26(20-22)34(16-4-18-44(36,37)38)30(42-28)14-10-24-6-3-7-25(32(24)33)11-15-31-35(17-5-19-45(39,40)41)27-21-23(2)9-13-29(27)43-31/h10-11,14-15,22-23,26-29H,3-9,12-13,16-21H2,1-2H3,(H-,36,37,38,39,40,41)/p+1. The molecule has 252 valence electrons. The van der Waals surface area contributed by atoms with Crippen LogP contribution in [0, 0.1) is 11.8 Å². The van der Waals surface area contributed by atoms with E-state index in [9.17, 15) is 25.9 Å². The minimum Gasteiger partial charge on any atom is -0.474 e. The van der Waals surface area contributed by atoms with E-state index < -0.39 is 20.2 Å². The zero-order valence-electron chi connectivity index (χ0n) is 26.3. The van der Waals surface area contributed by atoms with Gasteiger partial charge in [-0.2, -0.15) is 21.4 Å². The SMILES string of the molecule is CC1CCC2OC(=CC=C3CCCC(C=CC4=[N+](CCCS(=O)(=O)O)C5CC(C)CCC5O4)=C3Cl)N(CCCS(=O)(=O)O)C2C1. The van der Waals surface area contributed by atoms with E-state index >= 15 is 0 Å². The van der Waals surface area contributed by atoms with Crippen LogP contribution in [0.5, 0.6) is 0 Å². The summed E-state index contributed by atoms with van der Waals surface area (Å²) in [6, 6.07) is 0.373. The molecule has 0 aromatic rings. The highest BCUT2D eigenvalue weighted by Gasteiger charge is 2.46. The molecule has 1 saturated heterocycles. The Kier molecular flexibility index (Phi) is 11.1. The van der Waals surface area contributed by atoms with E-state index in [-0.39, 0.29) is 35.8 Å². The lowest BCUT2D eigenvalue weighted by Gasteiger charge is -2.32. The Morgan fingerprint density at radius 2 is 1.58 bits per heavy atom. The molecule has 0 aromatic heterocycles. The van der Waals surface area contributed by atoms with Crippen LogP contribution in [0.2, 0.25) is 0 Å². The van der Waals surface area contributed by atoms with Crippen molar-refractivity contribution in [2.45, 2.75) is 109 Å². The van der Waals surface area contributed by atoms with Crippen molar-refractivity contribution in [3.63, 3.8) is 0 Å². The van der Waals surface area contributed by atoms with Crippen LogP contribution in [0.3, 0.4) is 0 Å². The molecular formula is C32H48ClN2O8S2+. The molecule has 0 spiro atoms. The molecule has 5 aliphatic rings. The van der Waals surface area contributed by atoms with Gasteiger partial charge in [0.05, 0.1) is 23.6 Å². The number of fused-ring (bicyclic) bond motifs is 2. The third-order valence-corrected chi connectivity index (χ3v) is 12.0. The summed E-state index contributed by atoms with van der Waals surface area (Å²) in [6.45, 7) is 5.45. The van der Waals surface area contributed by atoms with Crippen molar-refractivity contribution in [2.75, 3.05) is 24.6 Å². The van der Waals surface area contributed by atoms with Crippen LogP contribution in [0.1, 0.15) is 84.5 Å². The lowest BCUT2D eigenvalue weighted by atomic mass is 9.85. The van der Waals surface area contributed by atoms with Crippen LogP contribution in [0.15, 0.2) is 46.4 Å². The zero-order valence-corrected chi connectivity index (χ0v) is 28.7. The second-order valence-electron chi connectivity index (χ2n) is 13.5. The Morgan fingerprint density at radius 3 is 2.31 bits per heavy atom. The van der Waals surface area contributed by atoms with Gasteiger partial charge in [0.25, 0.3) is 20.2 Å². The molecule has 45 heavy (non-hydrogen) atoms. The van der Waals surface area contributed by atoms with Gasteiger partial charge in [-0.25, -0.2) is 0 Å². The van der Waals surface area contributed by atoms with E-state index in [0.717, 1.165) is 80.7 Å². The lowest BCUT2D eigenvalue weighted by molar-refractivity contribution is -0.562. The highest BCUT2D eigenvalue weighted by Crippen LogP contribution is 2.39. The number of ether oxygens (including phenoxy) is 2. The molecule has 0 radical (unpaired) electrons. The fourth-order valence-electron chi connectivity index (χ4n) is 7.56. The Hall–Kier alpha value is -1.86. The van der Waals surface area contributed by atoms with Gasteiger partial charge in [0, 0.05) is 24.4 Å². The third-order valence-electron chi connectivity index (χ3n) is 9.86. The van der Waals surface area contributed by atoms with Crippen LogP contribution in [0.25, 0.3) is 0 Å². The van der Waals surface area contributed by atoms with Crippen molar-refractivity contribution in [3.8, 4) is 0 Å². The summed E-state index contributed by atoms with van der Waals surface area (Å²) in [4.78, 5) is 2.16. The molecule has 2 aliphatic heterocycles. The zero-order chi connectivity index (χ0) is 32.4. The monoisotopic (exact) mass is 687 g/mol. The summed E-state index contributed by atoms with van der Waals surface area (Å²) in [7, 11) is -8.06. The molecule has 6 atom stereocenters. The van der Waals surface area contributed by atoms with Crippen molar-refractivity contribution < 1.29 is 40.0 Å². The van der Waals surface area contributed by atoms with E-state index in [1.807, 2.05) is 24.3 Å². The topological polar surface area (TPSA) is 133 Å². The molecule has 10 nitrogen and oxygen atoms in total. The molecule has 0 aromatic carbocycles. The predicted octanol–water partition coefficient (Wildman–Crippen LogP) is 5.43. The van der Waals surface area contributed by atoms with E-state index in [2.05, 4.69) is 23.3 Å². The van der Waals surface area contributed by atoms with Crippen LogP contribution in [0.4, 0.5) is 0 Å². The van der Waals surface area contributed by atoms with Gasteiger partial charge in [-0.15, -0.1) is 0 Å². The predicted molar refractivity (Wildman–Crippen MR) is 174 cm³/mol. The van der Waals surface area contributed by atoms with E-state index in [1.54, 1.807) is 0 Å². The molecule has 2 N–H and O–H groups in total. The minimum absolute atomic E-state index is 0.0722. The minimum atomic E-state index is -4.03. The highest BCUT2D eigenvalue weighted by molar-refractivity contribution is 7.86. The first kappa shape index (κ1) is 34.5. The smallest absolute Gasteiger partial charge is 0.363 e. The number of halogens is 1. The summed E-state index contributed by atoms with van der Waals surface area (Å²) in [5.41, 5.74) is 2.01. The maximum Gasteiger partial charge on any atom is 0.363 e. The first-order valence-electron chi connectivity index (χ1n) is 16.4. The maximum atomic E-state index is 11.4. The van der Waals surface area contributed by atoms with Gasteiger partial charge in [-0.3, -0.25) is 9.11 Å². The van der Waals surface area contributed by atoms with Gasteiger partial charge in [-0.05, 0) is 92.9 Å². The molecule has 3 aliphatic carbocycles. The summed E-state index contributed by atoms with van der Waals surface area (Å²) >= 11 is 6.97. The van der Waals surface area contributed by atoms with Crippen LogP contribution in [-0.2, 0) is 29.7 Å². The fraction of sp³-hybridized carbons (Fsp3) is 0.719. The first-order valence-corrected chi connectivity index (χ1v) is 20.0. The largest absolute Gasteiger partial charge is 0.474 e. The number of hydrogen-bond donors (Lipinski definition) is 2. The van der Waals surface area contributed by atoms with Crippen molar-refractivity contribution in [2.24, 2.45) is 11.8 Å². The molecular weight excluding hydrogens is 640 g/mol. The molecule has 13 heteroatoms. The third kappa shape index (κ3) is 9.15. The molecule has 0 amide bonds. The van der Waals surface area contributed by atoms with Gasteiger partial charge >= 0.3 is 5.90 Å². The average Bonchev–Trinajstić information content (AvgIpc) is 3.47. The van der Waals surface area contributed by atoms with E-state index in [0.29, 0.717) is 42.8 Å². The highest BCUT2D eigenvalue weighted by atomic mass is 35.5. The van der Waals surface area contributed by atoms with Crippen LogP contribution >= 0.6 is 11.6 Å². The first-order chi connectivity index (χ1) is 21.3. The summed E-state index contributed by atoms with van der Waals surface area (Å²) < 4.78 is 78.8. The summed E-state index contributed by atoms with van der Waals surface area (Å²) in [5.74, 6) is 2.01. The van der Waals surface area contributed by atoms with Gasteiger partial charge < -0.3 is 14.4 Å². The van der Waals surface area contributed by atoms with Crippen LogP contribution < -0.4 is 0 Å². The molecule has 3 fully saturated rings. The van der Waals surface area contributed by atoms with Gasteiger partial charge in [0.2, 0.25) is 0 Å². The number of rotatable bonds is 11. The molecule has 2 heterocycles. The molecule has 0 bridgehead atoms. The van der Waals surface area contributed by atoms with E-state index in [4.69, 9.17) is 21.1 Å². The van der Waals surface area contributed by atoms with Crippen molar-refractivity contribution in [1.82, 2.24) is 4.90 Å². The number of nitrogens with zero attached hydrogens (tertiary/aromatic N) is 2. The van der Waals surface area contributed by atoms with Crippen molar-refractivity contribution >= 4 is 37.7 Å². The normalized spacial score (nSPS) is 32.8. The Morgan fingerprint density at radius 1 is 0.889 bits per heavy atom. The quantitative estimate of drug-likeness (QED) is 0.215. The fourth-order valence-corrected chi connectivity index (χ4v) is 8.86. The second-order valence-corrected chi connectivity index (χ2v) is 17.0. The van der Waals surface area contributed by atoms with Gasteiger partial charge in [0.15, 0.2) is 18.0 Å². The van der Waals surface area contributed by atoms with Gasteiger partial charge in [0.1, 0.15) is 12.6 Å². The molecule has 5 rings (SSSR count). The van der Waals surface area contributed by atoms with Crippen molar-refractivity contribution in [3.05, 3.63) is 46.4 Å². The Balaban J connectivity index is 1.35. The molecule has 6 unspecified atom stereocenters. The van der Waals surface area contributed by atoms with E-state index in [1.165, 1.54) is 0 Å². The Labute approximate surface area is 273 Å². The maximum absolute atomic E-state index is 11.4. The second kappa shape index (κ2) is 14.5.